The normalized spacial score (nSPS) is 24.2. The molecule has 0 saturated carbocycles. The summed E-state index contributed by atoms with van der Waals surface area (Å²) in [6.45, 7) is 7.59. The van der Waals surface area contributed by atoms with E-state index in [-0.39, 0.29) is 11.9 Å². The molecule has 0 aliphatic carbocycles. The van der Waals surface area contributed by atoms with E-state index in [4.69, 9.17) is 4.74 Å². The highest BCUT2D eigenvalue weighted by molar-refractivity contribution is 5.85. The van der Waals surface area contributed by atoms with Crippen LogP contribution in [0.2, 0.25) is 0 Å². The van der Waals surface area contributed by atoms with Crippen LogP contribution < -0.4 is 0 Å². The van der Waals surface area contributed by atoms with Gasteiger partial charge in [-0.25, -0.2) is 0 Å². The molecular formula is C13H20N2O2. The number of aromatic nitrogens is 2. The summed E-state index contributed by atoms with van der Waals surface area (Å²) in [5.74, 6) is 0.534. The number of hydrogen-bond donors (Lipinski definition) is 0. The Labute approximate surface area is 102 Å². The minimum Gasteiger partial charge on any atom is -0.370 e. The second-order valence-corrected chi connectivity index (χ2v) is 4.79. The van der Waals surface area contributed by atoms with Gasteiger partial charge in [0.25, 0.3) is 0 Å². The van der Waals surface area contributed by atoms with E-state index in [1.54, 1.807) is 0 Å². The van der Waals surface area contributed by atoms with Crippen molar-refractivity contribution < 1.29 is 9.53 Å². The second kappa shape index (κ2) is 5.00. The fourth-order valence-corrected chi connectivity index (χ4v) is 2.40. The monoisotopic (exact) mass is 236 g/mol. The topological polar surface area (TPSA) is 44.1 Å². The van der Waals surface area contributed by atoms with E-state index in [0.717, 1.165) is 24.4 Å². The zero-order chi connectivity index (χ0) is 12.4. The predicted octanol–water partition coefficient (Wildman–Crippen LogP) is 1.75. The molecule has 1 aliphatic heterocycles. The van der Waals surface area contributed by atoms with Crippen LogP contribution in [0.25, 0.3) is 0 Å². The lowest BCUT2D eigenvalue weighted by atomic mass is 9.98. The zero-order valence-electron chi connectivity index (χ0n) is 10.8. The Balaban J connectivity index is 2.07. The van der Waals surface area contributed by atoms with Crippen molar-refractivity contribution in [1.29, 1.82) is 0 Å². The quantitative estimate of drug-likeness (QED) is 0.800. The van der Waals surface area contributed by atoms with Gasteiger partial charge in [0.15, 0.2) is 5.78 Å². The first-order valence-electron chi connectivity index (χ1n) is 6.29. The maximum atomic E-state index is 12.1. The third-order valence-corrected chi connectivity index (χ3v) is 3.35. The molecule has 17 heavy (non-hydrogen) atoms. The maximum Gasteiger partial charge on any atom is 0.167 e. The van der Waals surface area contributed by atoms with Gasteiger partial charge in [-0.3, -0.25) is 9.48 Å². The van der Waals surface area contributed by atoms with E-state index in [0.29, 0.717) is 18.9 Å². The van der Waals surface area contributed by atoms with E-state index in [1.807, 2.05) is 24.6 Å². The molecule has 4 heteroatoms. The first kappa shape index (κ1) is 12.3. The van der Waals surface area contributed by atoms with Crippen molar-refractivity contribution in [3.05, 3.63) is 17.5 Å². The fourth-order valence-electron chi connectivity index (χ4n) is 2.40. The van der Waals surface area contributed by atoms with Crippen LogP contribution in [0.1, 0.15) is 31.7 Å². The number of nitrogens with zero attached hydrogens (tertiary/aromatic N) is 2. The zero-order valence-corrected chi connectivity index (χ0v) is 10.8. The van der Waals surface area contributed by atoms with Crippen molar-refractivity contribution >= 4 is 5.78 Å². The SMILES string of the molecule is CCn1nc(C)cc1CC(=O)C1OCCC1C. The molecule has 1 aliphatic rings. The van der Waals surface area contributed by atoms with Gasteiger partial charge in [0, 0.05) is 18.8 Å². The number of hydrogen-bond acceptors (Lipinski definition) is 3. The van der Waals surface area contributed by atoms with E-state index in [9.17, 15) is 4.79 Å². The lowest BCUT2D eigenvalue weighted by Crippen LogP contribution is -2.27. The molecule has 94 valence electrons. The van der Waals surface area contributed by atoms with Gasteiger partial charge in [-0.1, -0.05) is 6.92 Å². The van der Waals surface area contributed by atoms with Crippen molar-refractivity contribution in [2.45, 2.75) is 46.3 Å². The van der Waals surface area contributed by atoms with Crippen LogP contribution in [0.15, 0.2) is 6.07 Å². The Hall–Kier alpha value is -1.16. The average Bonchev–Trinajstić information content (AvgIpc) is 2.84. The smallest absolute Gasteiger partial charge is 0.167 e. The Bertz CT molecular complexity index is 412. The molecule has 0 aromatic carbocycles. The summed E-state index contributed by atoms with van der Waals surface area (Å²) in [4.78, 5) is 12.1. The summed E-state index contributed by atoms with van der Waals surface area (Å²) in [5.41, 5.74) is 1.97. The van der Waals surface area contributed by atoms with E-state index < -0.39 is 0 Å². The number of aryl methyl sites for hydroxylation is 2. The molecule has 0 amide bonds. The molecule has 2 heterocycles. The first-order valence-corrected chi connectivity index (χ1v) is 6.29. The van der Waals surface area contributed by atoms with Crippen molar-refractivity contribution in [3.8, 4) is 0 Å². The number of rotatable bonds is 4. The molecule has 1 fully saturated rings. The highest BCUT2D eigenvalue weighted by atomic mass is 16.5. The van der Waals surface area contributed by atoms with Crippen LogP contribution in [0.5, 0.6) is 0 Å². The van der Waals surface area contributed by atoms with E-state index in [2.05, 4.69) is 12.0 Å². The van der Waals surface area contributed by atoms with Gasteiger partial charge in [0.2, 0.25) is 0 Å². The lowest BCUT2D eigenvalue weighted by molar-refractivity contribution is -0.128. The van der Waals surface area contributed by atoms with E-state index >= 15 is 0 Å². The Kier molecular flexibility index (Phi) is 3.62. The van der Waals surface area contributed by atoms with Crippen LogP contribution in [-0.4, -0.2) is 28.3 Å². The summed E-state index contributed by atoms with van der Waals surface area (Å²) in [5, 5.41) is 4.35. The van der Waals surface area contributed by atoms with Crippen LogP contribution in [0.3, 0.4) is 0 Å². The summed E-state index contributed by atoms with van der Waals surface area (Å²) in [6.07, 6.45) is 1.21. The third kappa shape index (κ3) is 2.57. The van der Waals surface area contributed by atoms with Gasteiger partial charge in [-0.2, -0.15) is 5.10 Å². The molecule has 1 aromatic heterocycles. The fraction of sp³-hybridized carbons (Fsp3) is 0.692. The van der Waals surface area contributed by atoms with Gasteiger partial charge < -0.3 is 4.74 Å². The van der Waals surface area contributed by atoms with Gasteiger partial charge in [-0.05, 0) is 32.3 Å². The maximum absolute atomic E-state index is 12.1. The molecular weight excluding hydrogens is 216 g/mol. The molecule has 0 bridgehead atoms. The molecule has 1 saturated heterocycles. The molecule has 2 atom stereocenters. The van der Waals surface area contributed by atoms with Crippen LogP contribution >= 0.6 is 0 Å². The number of ether oxygens (including phenoxy) is 1. The van der Waals surface area contributed by atoms with Crippen molar-refractivity contribution in [2.75, 3.05) is 6.61 Å². The Morgan fingerprint density at radius 2 is 2.41 bits per heavy atom. The lowest BCUT2D eigenvalue weighted by Gasteiger charge is -2.13. The largest absolute Gasteiger partial charge is 0.370 e. The highest BCUT2D eigenvalue weighted by Crippen LogP contribution is 2.22. The van der Waals surface area contributed by atoms with Crippen LogP contribution in [-0.2, 0) is 22.5 Å². The highest BCUT2D eigenvalue weighted by Gasteiger charge is 2.31. The standard InChI is InChI=1S/C13H20N2O2/c1-4-15-11(7-10(3)14-15)8-12(16)13-9(2)5-6-17-13/h7,9,13H,4-6,8H2,1-3H3. The second-order valence-electron chi connectivity index (χ2n) is 4.79. The van der Waals surface area contributed by atoms with Crippen LogP contribution in [0.4, 0.5) is 0 Å². The molecule has 0 spiro atoms. The molecule has 4 nitrogen and oxygen atoms in total. The molecule has 0 radical (unpaired) electrons. The molecule has 2 unspecified atom stereocenters. The van der Waals surface area contributed by atoms with Crippen molar-refractivity contribution in [2.24, 2.45) is 5.92 Å². The predicted molar refractivity (Wildman–Crippen MR) is 64.9 cm³/mol. The van der Waals surface area contributed by atoms with Gasteiger partial charge in [0.05, 0.1) is 12.1 Å². The summed E-state index contributed by atoms with van der Waals surface area (Å²) < 4.78 is 7.40. The number of Topliss-reactive ketones (excluding diaryl/α,β-unsaturated/α-hetero) is 1. The number of carbonyl (C=O) groups is 1. The average molecular weight is 236 g/mol. The third-order valence-electron chi connectivity index (χ3n) is 3.35. The first-order chi connectivity index (χ1) is 8.11. The Morgan fingerprint density at radius 3 is 3.00 bits per heavy atom. The molecule has 2 rings (SSSR count). The molecule has 1 aromatic rings. The van der Waals surface area contributed by atoms with Crippen molar-refractivity contribution in [1.82, 2.24) is 9.78 Å². The summed E-state index contributed by atoms with van der Waals surface area (Å²) >= 11 is 0. The van der Waals surface area contributed by atoms with Gasteiger partial charge in [0.1, 0.15) is 6.10 Å². The van der Waals surface area contributed by atoms with Crippen LogP contribution in [0, 0.1) is 12.8 Å². The summed E-state index contributed by atoms with van der Waals surface area (Å²) in [6, 6.07) is 1.99. The van der Waals surface area contributed by atoms with Gasteiger partial charge >= 0.3 is 0 Å². The van der Waals surface area contributed by atoms with Gasteiger partial charge in [-0.15, -0.1) is 0 Å². The number of carbonyl (C=O) groups excluding carboxylic acids is 1. The molecule has 0 N–H and O–H groups in total. The Morgan fingerprint density at radius 1 is 1.65 bits per heavy atom. The minimum atomic E-state index is -0.212. The summed E-state index contributed by atoms with van der Waals surface area (Å²) in [7, 11) is 0. The van der Waals surface area contributed by atoms with E-state index in [1.165, 1.54) is 0 Å². The number of ketones is 1. The van der Waals surface area contributed by atoms with Crippen molar-refractivity contribution in [3.63, 3.8) is 0 Å². The minimum absolute atomic E-state index is 0.185.